The Hall–Kier alpha value is -4.85. The highest BCUT2D eigenvalue weighted by Crippen LogP contribution is 2.32. The second-order valence-electron chi connectivity index (χ2n) is 6.36. The molecule has 0 heterocycles. The fourth-order valence-corrected chi connectivity index (χ4v) is 2.20. The summed E-state index contributed by atoms with van der Waals surface area (Å²) >= 11 is 0. The molecule has 0 saturated heterocycles. The lowest BCUT2D eigenvalue weighted by molar-refractivity contribution is -0.384. The SMILES string of the molecule is NC(=O)CCC(N)C(=O)O.NCC(=O)O.[N-]=[N+]=Nc1cccc(C(=O)c2ccccc2)c1[N+](=O)[O-]. The molecule has 0 radical (unpaired) electrons. The van der Waals surface area contributed by atoms with E-state index in [1.165, 1.54) is 18.2 Å². The van der Waals surface area contributed by atoms with Crippen LogP contribution in [0.2, 0.25) is 0 Å². The molecule has 0 aliphatic rings. The summed E-state index contributed by atoms with van der Waals surface area (Å²) in [5.74, 6) is -3.10. The number of ketones is 1. The number of rotatable bonds is 9. The number of azide groups is 1. The molecule has 35 heavy (non-hydrogen) atoms. The molecule has 1 atom stereocenters. The van der Waals surface area contributed by atoms with Crippen LogP contribution in [0.3, 0.4) is 0 Å². The first-order chi connectivity index (χ1) is 16.5. The van der Waals surface area contributed by atoms with Crippen molar-refractivity contribution in [2.75, 3.05) is 6.54 Å². The Kier molecular flexibility index (Phi) is 13.7. The first-order valence-electron chi connectivity index (χ1n) is 9.57. The highest BCUT2D eigenvalue weighted by molar-refractivity contribution is 6.12. The fraction of sp³-hybridized carbons (Fsp3) is 0.200. The number of amides is 1. The average molecular weight is 489 g/mol. The minimum absolute atomic E-state index is 0.0213. The highest BCUT2D eigenvalue weighted by Gasteiger charge is 2.24. The van der Waals surface area contributed by atoms with E-state index >= 15 is 0 Å². The first-order valence-corrected chi connectivity index (χ1v) is 9.57. The minimum atomic E-state index is -1.11. The van der Waals surface area contributed by atoms with Crippen molar-refractivity contribution in [3.63, 3.8) is 0 Å². The largest absolute Gasteiger partial charge is 0.480 e. The number of carbonyl (C=O) groups is 4. The lowest BCUT2D eigenvalue weighted by Gasteiger charge is -2.04. The summed E-state index contributed by atoms with van der Waals surface area (Å²) in [6, 6.07) is 11.3. The molecular weight excluding hydrogens is 466 g/mol. The number of aliphatic carboxylic acids is 2. The van der Waals surface area contributed by atoms with Gasteiger partial charge >= 0.3 is 11.9 Å². The van der Waals surface area contributed by atoms with E-state index in [1.54, 1.807) is 30.3 Å². The summed E-state index contributed by atoms with van der Waals surface area (Å²) in [5.41, 5.74) is 22.4. The van der Waals surface area contributed by atoms with Gasteiger partial charge in [0.1, 0.15) is 17.3 Å². The standard InChI is InChI=1S/C13H8N4O3.C5H10N2O3.C2H5NO2/c14-16-15-11-8-4-7-10(12(11)17(19)20)13(18)9-5-2-1-3-6-9;6-3(5(9)10)1-2-4(7)8;3-1-2(4)5/h1-8H;3H,1-2,6H2,(H2,7,8)(H,9,10);1,3H2,(H,4,5). The Labute approximate surface area is 197 Å². The van der Waals surface area contributed by atoms with Crippen LogP contribution < -0.4 is 17.2 Å². The van der Waals surface area contributed by atoms with Gasteiger partial charge in [-0.05, 0) is 24.1 Å². The summed E-state index contributed by atoms with van der Waals surface area (Å²) in [5, 5.41) is 30.2. The normalized spacial score (nSPS) is 10.1. The number of carbonyl (C=O) groups excluding carboxylic acids is 2. The van der Waals surface area contributed by atoms with Crippen LogP contribution >= 0.6 is 0 Å². The number of hydrogen-bond acceptors (Lipinski definition) is 9. The monoisotopic (exact) mass is 489 g/mol. The fourth-order valence-electron chi connectivity index (χ4n) is 2.20. The second kappa shape index (κ2) is 15.9. The van der Waals surface area contributed by atoms with Crippen molar-refractivity contribution in [2.45, 2.75) is 18.9 Å². The number of hydrogen-bond donors (Lipinski definition) is 5. The topological polar surface area (TPSA) is 279 Å². The van der Waals surface area contributed by atoms with Crippen LogP contribution in [0.1, 0.15) is 28.8 Å². The number of nitrogens with zero attached hydrogens (tertiary/aromatic N) is 4. The number of nitro benzene ring substituents is 1. The molecule has 15 heteroatoms. The zero-order chi connectivity index (χ0) is 27.0. The number of nitro groups is 1. The predicted molar refractivity (Wildman–Crippen MR) is 123 cm³/mol. The third-order valence-corrected chi connectivity index (χ3v) is 3.82. The van der Waals surface area contributed by atoms with Gasteiger partial charge in [0.25, 0.3) is 5.69 Å². The van der Waals surface area contributed by atoms with Crippen molar-refractivity contribution in [1.29, 1.82) is 0 Å². The number of carboxylic acids is 2. The average Bonchev–Trinajstić information content (AvgIpc) is 2.83. The summed E-state index contributed by atoms with van der Waals surface area (Å²) in [7, 11) is 0. The van der Waals surface area contributed by atoms with E-state index < -0.39 is 40.3 Å². The molecule has 1 unspecified atom stereocenters. The molecule has 0 saturated carbocycles. The van der Waals surface area contributed by atoms with E-state index in [0.717, 1.165) is 0 Å². The summed E-state index contributed by atoms with van der Waals surface area (Å²) in [6.07, 6.45) is 0.123. The molecule has 1 amide bonds. The summed E-state index contributed by atoms with van der Waals surface area (Å²) in [4.78, 5) is 54.6. The molecule has 2 rings (SSSR count). The maximum absolute atomic E-state index is 12.3. The van der Waals surface area contributed by atoms with Gasteiger partial charge in [0.15, 0.2) is 5.78 Å². The van der Waals surface area contributed by atoms with Crippen LogP contribution in [0.25, 0.3) is 10.4 Å². The van der Waals surface area contributed by atoms with Crippen LogP contribution in [0.5, 0.6) is 0 Å². The van der Waals surface area contributed by atoms with Gasteiger partial charge in [-0.3, -0.25) is 29.3 Å². The third kappa shape index (κ3) is 11.5. The Morgan fingerprint density at radius 1 is 1.09 bits per heavy atom. The maximum atomic E-state index is 12.3. The molecule has 0 bridgehead atoms. The summed E-state index contributed by atoms with van der Waals surface area (Å²) in [6.45, 7) is -0.278. The predicted octanol–water partition coefficient (Wildman–Crippen LogP) is 1.46. The van der Waals surface area contributed by atoms with Gasteiger partial charge in [-0.2, -0.15) is 0 Å². The number of primary amides is 1. The molecule has 0 aromatic heterocycles. The molecule has 2 aromatic carbocycles. The van der Waals surface area contributed by atoms with E-state index in [-0.39, 0.29) is 30.6 Å². The van der Waals surface area contributed by atoms with Crippen molar-refractivity contribution in [3.8, 4) is 0 Å². The quantitative estimate of drug-likeness (QED) is 0.0843. The molecule has 0 aliphatic carbocycles. The molecule has 186 valence electrons. The van der Waals surface area contributed by atoms with E-state index in [4.69, 9.17) is 27.2 Å². The Bertz CT molecular complexity index is 1100. The minimum Gasteiger partial charge on any atom is -0.480 e. The Morgan fingerprint density at radius 2 is 1.66 bits per heavy atom. The molecule has 0 aliphatic heterocycles. The van der Waals surface area contributed by atoms with Crippen LogP contribution in [0.4, 0.5) is 11.4 Å². The smallest absolute Gasteiger partial charge is 0.320 e. The van der Waals surface area contributed by atoms with Gasteiger partial charge in [-0.15, -0.1) is 0 Å². The van der Waals surface area contributed by atoms with Crippen molar-refractivity contribution >= 4 is 35.0 Å². The molecule has 2 aromatic rings. The molecule has 15 nitrogen and oxygen atoms in total. The van der Waals surface area contributed by atoms with E-state index in [0.29, 0.717) is 5.56 Å². The molecule has 0 fully saturated rings. The number of nitrogens with two attached hydrogens (primary N) is 3. The van der Waals surface area contributed by atoms with Crippen molar-refractivity contribution in [1.82, 2.24) is 0 Å². The van der Waals surface area contributed by atoms with Crippen molar-refractivity contribution in [3.05, 3.63) is 80.2 Å². The second-order valence-corrected chi connectivity index (χ2v) is 6.36. The highest BCUT2D eigenvalue weighted by atomic mass is 16.6. The van der Waals surface area contributed by atoms with E-state index in [1.807, 2.05) is 0 Å². The van der Waals surface area contributed by atoms with Crippen LogP contribution in [0.15, 0.2) is 53.6 Å². The van der Waals surface area contributed by atoms with Gasteiger partial charge in [0.05, 0.1) is 11.5 Å². The van der Waals surface area contributed by atoms with Gasteiger partial charge in [0.2, 0.25) is 5.91 Å². The Balaban J connectivity index is 0.000000644. The first kappa shape index (κ1) is 30.1. The zero-order valence-electron chi connectivity index (χ0n) is 18.2. The van der Waals surface area contributed by atoms with Crippen LogP contribution in [-0.4, -0.2) is 51.4 Å². The number of carboxylic acid groups (broad SMARTS) is 2. The van der Waals surface area contributed by atoms with Gasteiger partial charge < -0.3 is 27.4 Å². The van der Waals surface area contributed by atoms with Crippen LogP contribution in [0, 0.1) is 10.1 Å². The summed E-state index contributed by atoms with van der Waals surface area (Å²) < 4.78 is 0. The van der Waals surface area contributed by atoms with Gasteiger partial charge in [-0.1, -0.05) is 41.5 Å². The van der Waals surface area contributed by atoms with Crippen molar-refractivity contribution in [2.24, 2.45) is 22.3 Å². The third-order valence-electron chi connectivity index (χ3n) is 3.82. The number of benzene rings is 2. The molecule has 8 N–H and O–H groups in total. The van der Waals surface area contributed by atoms with Gasteiger partial charge in [-0.25, -0.2) is 0 Å². The van der Waals surface area contributed by atoms with Gasteiger partial charge in [0, 0.05) is 16.9 Å². The van der Waals surface area contributed by atoms with Crippen molar-refractivity contribution < 1.29 is 34.3 Å². The lowest BCUT2D eigenvalue weighted by Crippen LogP contribution is -2.31. The molecular formula is C20H23N7O8. The molecule has 0 spiro atoms. The maximum Gasteiger partial charge on any atom is 0.320 e. The van der Waals surface area contributed by atoms with E-state index in [2.05, 4.69) is 15.8 Å². The van der Waals surface area contributed by atoms with Crippen LogP contribution in [-0.2, 0) is 14.4 Å². The number of para-hydroxylation sites is 1. The lowest BCUT2D eigenvalue weighted by atomic mass is 10.0. The Morgan fingerprint density at radius 3 is 2.09 bits per heavy atom. The zero-order valence-corrected chi connectivity index (χ0v) is 18.2. The van der Waals surface area contributed by atoms with E-state index in [9.17, 15) is 29.3 Å².